The third-order valence-electron chi connectivity index (χ3n) is 9.98. The topological polar surface area (TPSA) is 52.9 Å². The summed E-state index contributed by atoms with van der Waals surface area (Å²) in [5.41, 5.74) is 0.768. The SMILES string of the molecule is O=C1N=C(N2CCCCC2)SC1=Cc1ccc(C2=CC=C(O)C(F)(C34CC5CC(CC(C5)C3)C4)C2)cc1. The third-order valence-corrected chi connectivity index (χ3v) is 11.0. The van der Waals surface area contributed by atoms with Crippen molar-refractivity contribution >= 4 is 34.5 Å². The highest BCUT2D eigenvalue weighted by Crippen LogP contribution is 2.67. The van der Waals surface area contributed by atoms with E-state index < -0.39 is 11.1 Å². The first-order chi connectivity index (χ1) is 17.9. The zero-order chi connectivity index (χ0) is 25.2. The fourth-order valence-electron chi connectivity index (χ4n) is 8.54. The van der Waals surface area contributed by atoms with Gasteiger partial charge in [-0.25, -0.2) is 4.39 Å². The predicted octanol–water partition coefficient (Wildman–Crippen LogP) is 7.30. The Kier molecular flexibility index (Phi) is 5.69. The number of nitrogens with zero attached hydrogens (tertiary/aromatic N) is 2. The number of aliphatic imine (C=N–C) groups is 1. The summed E-state index contributed by atoms with van der Waals surface area (Å²) < 4.78 is 17.0. The van der Waals surface area contributed by atoms with Crippen LogP contribution < -0.4 is 0 Å². The van der Waals surface area contributed by atoms with Crippen molar-refractivity contribution in [3.63, 3.8) is 0 Å². The van der Waals surface area contributed by atoms with E-state index in [0.29, 0.717) is 22.7 Å². The Balaban J connectivity index is 1.09. The Bertz CT molecular complexity index is 1200. The number of rotatable bonds is 3. The van der Waals surface area contributed by atoms with E-state index in [9.17, 15) is 9.90 Å². The molecule has 4 nitrogen and oxygen atoms in total. The molecule has 1 aromatic rings. The molecule has 2 heterocycles. The highest BCUT2D eigenvalue weighted by Gasteiger charge is 2.63. The zero-order valence-electron chi connectivity index (χ0n) is 21.3. The molecule has 8 rings (SSSR count). The molecule has 4 saturated carbocycles. The van der Waals surface area contributed by atoms with Gasteiger partial charge < -0.3 is 10.0 Å². The van der Waals surface area contributed by atoms with Gasteiger partial charge in [-0.3, -0.25) is 4.79 Å². The summed E-state index contributed by atoms with van der Waals surface area (Å²) >= 11 is 1.47. The highest BCUT2D eigenvalue weighted by atomic mass is 32.2. The van der Waals surface area contributed by atoms with E-state index in [1.54, 1.807) is 6.08 Å². The zero-order valence-corrected chi connectivity index (χ0v) is 22.1. The van der Waals surface area contributed by atoms with Crippen LogP contribution in [0.5, 0.6) is 0 Å². The Morgan fingerprint density at radius 2 is 1.62 bits per heavy atom. The second-order valence-electron chi connectivity index (χ2n) is 12.4. The van der Waals surface area contributed by atoms with E-state index in [2.05, 4.69) is 9.89 Å². The molecule has 6 heteroatoms. The Hall–Kier alpha value is -2.34. The van der Waals surface area contributed by atoms with E-state index in [1.807, 2.05) is 36.4 Å². The second-order valence-corrected chi connectivity index (χ2v) is 13.4. The number of carbonyl (C=O) groups excluding carboxylic acids is 1. The van der Waals surface area contributed by atoms with Gasteiger partial charge in [0.05, 0.1) is 4.91 Å². The molecule has 0 radical (unpaired) electrons. The number of carbonyl (C=O) groups is 1. The Labute approximate surface area is 222 Å². The van der Waals surface area contributed by atoms with E-state index in [-0.39, 0.29) is 18.1 Å². The van der Waals surface area contributed by atoms with Crippen molar-refractivity contribution in [3.8, 4) is 0 Å². The number of allylic oxidation sites excluding steroid dienone is 4. The number of alkyl halides is 1. The monoisotopic (exact) mass is 518 g/mol. The summed E-state index contributed by atoms with van der Waals surface area (Å²) in [5, 5.41) is 11.7. The number of likely N-dealkylation sites (tertiary alicyclic amines) is 1. The van der Waals surface area contributed by atoms with Crippen molar-refractivity contribution in [2.45, 2.75) is 69.9 Å². The van der Waals surface area contributed by atoms with Gasteiger partial charge in [0.1, 0.15) is 5.76 Å². The fraction of sp³-hybridized carbons (Fsp3) is 0.548. The molecule has 1 atom stereocenters. The fourth-order valence-corrected chi connectivity index (χ4v) is 9.51. The number of aliphatic hydroxyl groups excluding tert-OH is 1. The number of thioether (sulfide) groups is 1. The summed E-state index contributed by atoms with van der Waals surface area (Å²) in [6.07, 6.45) is 15.7. The van der Waals surface area contributed by atoms with Gasteiger partial charge in [0.15, 0.2) is 10.8 Å². The van der Waals surface area contributed by atoms with Gasteiger partial charge in [-0.15, -0.1) is 0 Å². The average Bonchev–Trinajstić information content (AvgIpc) is 3.26. The molecule has 0 spiro atoms. The number of amides is 1. The van der Waals surface area contributed by atoms with Crippen molar-refractivity contribution in [1.82, 2.24) is 4.90 Å². The van der Waals surface area contributed by atoms with E-state index in [1.165, 1.54) is 37.4 Å². The molecule has 1 unspecified atom stereocenters. The minimum absolute atomic E-state index is 0.0687. The molecule has 7 aliphatic rings. The average molecular weight is 519 g/mol. The van der Waals surface area contributed by atoms with Crippen LogP contribution in [0.25, 0.3) is 11.6 Å². The smallest absolute Gasteiger partial charge is 0.286 e. The molecule has 5 fully saturated rings. The van der Waals surface area contributed by atoms with Crippen LogP contribution in [0.4, 0.5) is 4.39 Å². The molecule has 2 aliphatic heterocycles. The molecule has 1 N–H and O–H groups in total. The van der Waals surface area contributed by atoms with Crippen molar-refractivity contribution in [2.24, 2.45) is 28.2 Å². The first-order valence-electron chi connectivity index (χ1n) is 14.1. The highest BCUT2D eigenvalue weighted by molar-refractivity contribution is 8.18. The van der Waals surface area contributed by atoms with Gasteiger partial charge in [-0.2, -0.15) is 4.99 Å². The summed E-state index contributed by atoms with van der Waals surface area (Å²) in [6, 6.07) is 8.04. The van der Waals surface area contributed by atoms with Crippen LogP contribution in [-0.2, 0) is 4.79 Å². The molecule has 194 valence electrons. The lowest BCUT2D eigenvalue weighted by Crippen LogP contribution is -2.57. The van der Waals surface area contributed by atoms with Gasteiger partial charge in [-0.1, -0.05) is 30.3 Å². The molecule has 1 amide bonds. The van der Waals surface area contributed by atoms with Crippen molar-refractivity contribution in [1.29, 1.82) is 0 Å². The van der Waals surface area contributed by atoms with Gasteiger partial charge in [-0.05, 0) is 116 Å². The normalized spacial score (nSPS) is 38.1. The molecule has 0 aromatic heterocycles. The summed E-state index contributed by atoms with van der Waals surface area (Å²) in [5.74, 6) is 1.65. The maximum absolute atomic E-state index is 17.0. The molecule has 5 aliphatic carbocycles. The Morgan fingerprint density at radius 3 is 2.27 bits per heavy atom. The van der Waals surface area contributed by atoms with Gasteiger partial charge in [0.2, 0.25) is 0 Å². The minimum Gasteiger partial charge on any atom is -0.509 e. The van der Waals surface area contributed by atoms with E-state index in [0.717, 1.165) is 67.1 Å². The molecule has 4 bridgehead atoms. The summed E-state index contributed by atoms with van der Waals surface area (Å²) in [6.45, 7) is 1.94. The number of halogens is 1. The summed E-state index contributed by atoms with van der Waals surface area (Å²) in [7, 11) is 0. The molecule has 37 heavy (non-hydrogen) atoms. The van der Waals surface area contributed by atoms with Crippen LogP contribution in [0.2, 0.25) is 0 Å². The van der Waals surface area contributed by atoms with Crippen LogP contribution in [0.1, 0.15) is 75.3 Å². The number of amidine groups is 1. The standard InChI is InChI=1S/C31H35FN2O2S/c32-31(30-16-21-12-22(17-30)14-23(13-21)18-30)19-25(8-9-27(31)35)24-6-4-20(5-7-24)15-26-28(36)33-29(37-26)34-10-2-1-3-11-34/h4-9,15,21-23,35H,1-3,10-14,16-19H2. The van der Waals surface area contributed by atoms with E-state index >= 15 is 4.39 Å². The molecular formula is C31H35FN2O2S. The molecule has 1 saturated heterocycles. The number of hydrogen-bond donors (Lipinski definition) is 1. The maximum atomic E-state index is 17.0. The van der Waals surface area contributed by atoms with Crippen LogP contribution in [0.3, 0.4) is 0 Å². The second kappa shape index (κ2) is 8.86. The minimum atomic E-state index is -1.68. The lowest BCUT2D eigenvalue weighted by molar-refractivity contribution is -0.138. The maximum Gasteiger partial charge on any atom is 0.286 e. The van der Waals surface area contributed by atoms with Gasteiger partial charge in [0.25, 0.3) is 5.91 Å². The van der Waals surface area contributed by atoms with E-state index in [4.69, 9.17) is 0 Å². The van der Waals surface area contributed by atoms with Crippen molar-refractivity contribution in [2.75, 3.05) is 13.1 Å². The Morgan fingerprint density at radius 1 is 0.973 bits per heavy atom. The number of benzene rings is 1. The van der Waals surface area contributed by atoms with Crippen LogP contribution in [0.15, 0.2) is 52.1 Å². The van der Waals surface area contributed by atoms with Gasteiger partial charge in [0, 0.05) is 24.9 Å². The molecule has 1 aromatic carbocycles. The first kappa shape index (κ1) is 23.8. The quantitative estimate of drug-likeness (QED) is 0.427. The van der Waals surface area contributed by atoms with Crippen molar-refractivity contribution in [3.05, 3.63) is 58.2 Å². The van der Waals surface area contributed by atoms with Crippen LogP contribution >= 0.6 is 11.8 Å². The number of hydrogen-bond acceptors (Lipinski definition) is 4. The lowest BCUT2D eigenvalue weighted by atomic mass is 9.44. The van der Waals surface area contributed by atoms with Crippen molar-refractivity contribution < 1.29 is 14.3 Å². The van der Waals surface area contributed by atoms with Crippen LogP contribution in [0, 0.1) is 23.2 Å². The summed E-state index contributed by atoms with van der Waals surface area (Å²) in [4.78, 5) is 19.7. The predicted molar refractivity (Wildman–Crippen MR) is 148 cm³/mol. The largest absolute Gasteiger partial charge is 0.509 e. The number of piperidine rings is 1. The van der Waals surface area contributed by atoms with Gasteiger partial charge >= 0.3 is 0 Å². The number of aliphatic hydroxyl groups is 1. The van der Waals surface area contributed by atoms with Crippen LogP contribution in [-0.4, -0.2) is 39.8 Å². The molecular weight excluding hydrogens is 483 g/mol. The lowest BCUT2D eigenvalue weighted by Gasteiger charge is -2.61. The first-order valence-corrected chi connectivity index (χ1v) is 14.9. The third kappa shape index (κ3) is 4.02.